The van der Waals surface area contributed by atoms with E-state index in [0.717, 1.165) is 0 Å². The topological polar surface area (TPSA) is 50.7 Å². The molecule has 0 saturated carbocycles. The molecule has 25 heavy (non-hydrogen) atoms. The zero-order chi connectivity index (χ0) is 18.4. The highest BCUT2D eigenvalue weighted by Gasteiger charge is 2.13. The minimum absolute atomic E-state index is 0.0643. The van der Waals surface area contributed by atoms with Crippen molar-refractivity contribution in [3.63, 3.8) is 0 Å². The number of carbonyl (C=O) groups is 1. The van der Waals surface area contributed by atoms with E-state index in [-0.39, 0.29) is 17.8 Å². The largest absolute Gasteiger partial charge is 0.484 e. The van der Waals surface area contributed by atoms with Crippen LogP contribution in [0.1, 0.15) is 38.8 Å². The van der Waals surface area contributed by atoms with Gasteiger partial charge in [-0.1, -0.05) is 51.1 Å². The lowest BCUT2D eigenvalue weighted by Crippen LogP contribution is -2.25. The van der Waals surface area contributed by atoms with Crippen LogP contribution in [0, 0.1) is 5.82 Å². The van der Waals surface area contributed by atoms with Gasteiger partial charge in [-0.3, -0.25) is 4.79 Å². The van der Waals surface area contributed by atoms with Crippen LogP contribution >= 0.6 is 0 Å². The predicted octanol–water partition coefficient (Wildman–Crippen LogP) is 4.04. The number of carbonyl (C=O) groups excluding carboxylic acids is 1. The van der Waals surface area contributed by atoms with Gasteiger partial charge in [0.2, 0.25) is 0 Å². The average molecular weight is 342 g/mol. The van der Waals surface area contributed by atoms with Crippen molar-refractivity contribution in [1.29, 1.82) is 0 Å². The summed E-state index contributed by atoms with van der Waals surface area (Å²) in [6, 6.07) is 13.9. The van der Waals surface area contributed by atoms with Gasteiger partial charge in [-0.05, 0) is 36.1 Å². The zero-order valence-corrected chi connectivity index (χ0v) is 15.0. The van der Waals surface area contributed by atoms with Crippen LogP contribution in [0.2, 0.25) is 0 Å². The molecule has 0 radical (unpaired) electrons. The first-order valence-corrected chi connectivity index (χ1v) is 8.09. The van der Waals surface area contributed by atoms with Crippen molar-refractivity contribution >= 4 is 11.6 Å². The highest BCUT2D eigenvalue weighted by atomic mass is 19.1. The number of hydrogen-bond acceptors (Lipinski definition) is 3. The van der Waals surface area contributed by atoms with Gasteiger partial charge >= 0.3 is 0 Å². The van der Waals surface area contributed by atoms with Crippen molar-refractivity contribution in [3.05, 3.63) is 65.5 Å². The first-order valence-electron chi connectivity index (χ1n) is 8.09. The molecule has 1 N–H and O–H groups in total. The fourth-order valence-corrected chi connectivity index (χ4v) is 2.19. The molecule has 0 aliphatic heterocycles. The van der Waals surface area contributed by atoms with Crippen molar-refractivity contribution < 1.29 is 13.9 Å². The van der Waals surface area contributed by atoms with Crippen LogP contribution in [-0.4, -0.2) is 18.2 Å². The van der Waals surface area contributed by atoms with E-state index >= 15 is 0 Å². The lowest BCUT2D eigenvalue weighted by molar-refractivity contribution is -0.123. The molecule has 2 aromatic carbocycles. The van der Waals surface area contributed by atoms with Gasteiger partial charge in [0, 0.05) is 5.56 Å². The summed E-state index contributed by atoms with van der Waals surface area (Å²) < 4.78 is 19.1. The Bertz CT molecular complexity index is 762. The summed E-state index contributed by atoms with van der Waals surface area (Å²) in [7, 11) is 0. The van der Waals surface area contributed by atoms with E-state index < -0.39 is 5.91 Å². The summed E-state index contributed by atoms with van der Waals surface area (Å²) in [5, 5.41) is 3.91. The first-order chi connectivity index (χ1) is 11.8. The number of nitrogens with one attached hydrogen (secondary N) is 1. The predicted molar refractivity (Wildman–Crippen MR) is 97.4 cm³/mol. The number of ether oxygens (including phenoxy) is 1. The molecule has 0 heterocycles. The third-order valence-corrected chi connectivity index (χ3v) is 3.70. The van der Waals surface area contributed by atoms with Crippen LogP contribution in [0.25, 0.3) is 0 Å². The Kier molecular flexibility index (Phi) is 5.91. The van der Waals surface area contributed by atoms with Crippen LogP contribution < -0.4 is 10.2 Å². The van der Waals surface area contributed by atoms with Crippen molar-refractivity contribution in [2.24, 2.45) is 5.10 Å². The Labute approximate surface area is 147 Å². The molecule has 0 atom stereocenters. The third kappa shape index (κ3) is 5.41. The smallest absolute Gasteiger partial charge is 0.277 e. The van der Waals surface area contributed by atoms with Crippen molar-refractivity contribution in [2.75, 3.05) is 6.61 Å². The van der Waals surface area contributed by atoms with Gasteiger partial charge in [0.1, 0.15) is 11.6 Å². The second-order valence-electron chi connectivity index (χ2n) is 6.78. The van der Waals surface area contributed by atoms with E-state index in [4.69, 9.17) is 4.74 Å². The fraction of sp³-hybridized carbons (Fsp3) is 0.300. The van der Waals surface area contributed by atoms with E-state index in [9.17, 15) is 9.18 Å². The quantitative estimate of drug-likeness (QED) is 0.658. The average Bonchev–Trinajstić information content (AvgIpc) is 2.58. The van der Waals surface area contributed by atoms with Gasteiger partial charge in [-0.25, -0.2) is 9.82 Å². The minimum Gasteiger partial charge on any atom is -0.484 e. The van der Waals surface area contributed by atoms with E-state index in [1.807, 2.05) is 24.3 Å². The van der Waals surface area contributed by atoms with Crippen LogP contribution in [0.15, 0.2) is 53.6 Å². The van der Waals surface area contributed by atoms with Gasteiger partial charge in [0.05, 0.1) is 5.71 Å². The number of rotatable bonds is 5. The molecule has 0 saturated heterocycles. The number of halogens is 1. The summed E-state index contributed by atoms with van der Waals surface area (Å²) in [6.45, 7) is 7.86. The SMILES string of the molecule is CC(=NNC(=O)COc1ccc(C(C)(C)C)cc1)c1ccccc1F. The molecule has 0 spiro atoms. The zero-order valence-electron chi connectivity index (χ0n) is 15.0. The maximum Gasteiger partial charge on any atom is 0.277 e. The summed E-state index contributed by atoms with van der Waals surface area (Å²) in [5.41, 5.74) is 4.36. The molecule has 132 valence electrons. The van der Waals surface area contributed by atoms with Crippen LogP contribution in [0.3, 0.4) is 0 Å². The summed E-state index contributed by atoms with van der Waals surface area (Å²) in [5.74, 6) is -0.179. The van der Waals surface area contributed by atoms with Crippen molar-refractivity contribution in [2.45, 2.75) is 33.1 Å². The van der Waals surface area contributed by atoms with Gasteiger partial charge in [-0.15, -0.1) is 0 Å². The molecular weight excluding hydrogens is 319 g/mol. The van der Waals surface area contributed by atoms with Crippen molar-refractivity contribution in [3.8, 4) is 5.75 Å². The van der Waals surface area contributed by atoms with E-state index in [2.05, 4.69) is 31.3 Å². The number of amides is 1. The molecule has 4 nitrogen and oxygen atoms in total. The molecule has 1 amide bonds. The maximum absolute atomic E-state index is 13.6. The fourth-order valence-electron chi connectivity index (χ4n) is 2.19. The summed E-state index contributed by atoms with van der Waals surface area (Å²) in [4.78, 5) is 11.8. The van der Waals surface area contributed by atoms with E-state index in [1.165, 1.54) is 11.6 Å². The Morgan fingerprint density at radius 1 is 1.12 bits per heavy atom. The van der Waals surface area contributed by atoms with Gasteiger partial charge in [0.25, 0.3) is 5.91 Å². The molecule has 2 aromatic rings. The molecule has 5 heteroatoms. The van der Waals surface area contributed by atoms with Gasteiger partial charge in [0.15, 0.2) is 6.61 Å². The number of hydrazone groups is 1. The molecular formula is C20H23FN2O2. The van der Waals surface area contributed by atoms with E-state index in [0.29, 0.717) is 17.0 Å². The molecule has 2 rings (SSSR count). The standard InChI is InChI=1S/C20H23FN2O2/c1-14(17-7-5-6-8-18(17)21)22-23-19(24)13-25-16-11-9-15(10-12-16)20(2,3)4/h5-12H,13H2,1-4H3,(H,23,24). The Balaban J connectivity index is 1.88. The first kappa shape index (κ1) is 18.6. The number of nitrogens with zero attached hydrogens (tertiary/aromatic N) is 1. The lowest BCUT2D eigenvalue weighted by atomic mass is 9.87. The monoisotopic (exact) mass is 342 g/mol. The summed E-state index contributed by atoms with van der Waals surface area (Å²) >= 11 is 0. The van der Waals surface area contributed by atoms with Crippen LogP contribution in [0.5, 0.6) is 5.75 Å². The lowest BCUT2D eigenvalue weighted by Gasteiger charge is -2.19. The second kappa shape index (κ2) is 7.92. The van der Waals surface area contributed by atoms with Gasteiger partial charge < -0.3 is 4.74 Å². The highest BCUT2D eigenvalue weighted by molar-refractivity contribution is 5.99. The normalized spacial score (nSPS) is 12.0. The molecule has 0 aromatic heterocycles. The Morgan fingerprint density at radius 2 is 1.76 bits per heavy atom. The summed E-state index contributed by atoms with van der Waals surface area (Å²) in [6.07, 6.45) is 0. The number of benzene rings is 2. The Morgan fingerprint density at radius 3 is 2.36 bits per heavy atom. The molecule has 0 bridgehead atoms. The molecule has 0 aliphatic rings. The highest BCUT2D eigenvalue weighted by Crippen LogP contribution is 2.24. The molecule has 0 aliphatic carbocycles. The van der Waals surface area contributed by atoms with Crippen molar-refractivity contribution in [1.82, 2.24) is 5.43 Å². The van der Waals surface area contributed by atoms with Gasteiger partial charge in [-0.2, -0.15) is 5.10 Å². The van der Waals surface area contributed by atoms with Crippen LogP contribution in [-0.2, 0) is 10.2 Å². The molecule has 0 fully saturated rings. The minimum atomic E-state index is -0.407. The number of hydrogen-bond donors (Lipinski definition) is 1. The van der Waals surface area contributed by atoms with E-state index in [1.54, 1.807) is 25.1 Å². The third-order valence-electron chi connectivity index (χ3n) is 3.70. The maximum atomic E-state index is 13.6. The Hall–Kier alpha value is -2.69. The second-order valence-corrected chi connectivity index (χ2v) is 6.78. The molecule has 0 unspecified atom stereocenters. The van der Waals surface area contributed by atoms with Crippen LogP contribution in [0.4, 0.5) is 4.39 Å².